The molecule has 27 heavy (non-hydrogen) atoms. The van der Waals surface area contributed by atoms with Crippen LogP contribution in [0.4, 0.5) is 5.69 Å². The van der Waals surface area contributed by atoms with Gasteiger partial charge in [0.15, 0.2) is 0 Å². The molecule has 0 saturated carbocycles. The highest BCUT2D eigenvalue weighted by Gasteiger charge is 2.22. The lowest BCUT2D eigenvalue weighted by Crippen LogP contribution is -2.48. The zero-order valence-corrected chi connectivity index (χ0v) is 15.9. The zero-order chi connectivity index (χ0) is 19.4. The van der Waals surface area contributed by atoms with Crippen LogP contribution in [0.3, 0.4) is 0 Å². The van der Waals surface area contributed by atoms with E-state index in [9.17, 15) is 14.9 Å². The first-order valence-corrected chi connectivity index (χ1v) is 9.23. The number of nitro groups is 1. The molecule has 144 valence electrons. The van der Waals surface area contributed by atoms with Gasteiger partial charge in [0.05, 0.1) is 4.92 Å². The summed E-state index contributed by atoms with van der Waals surface area (Å²) in [7, 11) is 0. The molecule has 0 radical (unpaired) electrons. The van der Waals surface area contributed by atoms with Gasteiger partial charge >= 0.3 is 5.69 Å². The van der Waals surface area contributed by atoms with E-state index in [0.29, 0.717) is 25.3 Å². The van der Waals surface area contributed by atoms with Crippen molar-refractivity contribution in [2.24, 2.45) is 0 Å². The molecule has 8 nitrogen and oxygen atoms in total. The van der Waals surface area contributed by atoms with Crippen LogP contribution in [0.5, 0.6) is 0 Å². The molecule has 3 rings (SSSR count). The molecule has 0 spiro atoms. The maximum Gasteiger partial charge on any atom is 0.309 e. The Bertz CT molecular complexity index is 813. The van der Waals surface area contributed by atoms with E-state index < -0.39 is 4.92 Å². The molecule has 0 bridgehead atoms. The van der Waals surface area contributed by atoms with Gasteiger partial charge in [-0.05, 0) is 24.6 Å². The smallest absolute Gasteiger partial charge is 0.309 e. The van der Waals surface area contributed by atoms with Crippen molar-refractivity contribution in [1.29, 1.82) is 0 Å². The lowest BCUT2D eigenvalue weighted by Gasteiger charge is -2.34. The van der Waals surface area contributed by atoms with E-state index >= 15 is 0 Å². The first-order valence-electron chi connectivity index (χ1n) is 8.85. The second-order valence-electron chi connectivity index (χ2n) is 6.65. The number of hydrogen-bond donors (Lipinski definition) is 0. The highest BCUT2D eigenvalue weighted by atomic mass is 35.5. The van der Waals surface area contributed by atoms with Crippen molar-refractivity contribution >= 4 is 23.2 Å². The molecular formula is C18H22ClN5O3. The number of amides is 1. The maximum atomic E-state index is 12.4. The van der Waals surface area contributed by atoms with Crippen LogP contribution in [-0.2, 0) is 17.9 Å². The van der Waals surface area contributed by atoms with Crippen molar-refractivity contribution < 1.29 is 9.72 Å². The van der Waals surface area contributed by atoms with E-state index in [2.05, 4.69) is 10.00 Å². The fourth-order valence-electron chi connectivity index (χ4n) is 3.17. The molecule has 0 atom stereocenters. The quantitative estimate of drug-likeness (QED) is 0.558. The Hall–Kier alpha value is -2.45. The molecule has 1 aromatic heterocycles. The summed E-state index contributed by atoms with van der Waals surface area (Å²) >= 11 is 5.91. The number of carbonyl (C=O) groups excluding carboxylic acids is 1. The molecule has 1 aromatic carbocycles. The summed E-state index contributed by atoms with van der Waals surface area (Å²) in [6.07, 6.45) is 1.67. The minimum atomic E-state index is -0.458. The van der Waals surface area contributed by atoms with E-state index in [1.807, 2.05) is 29.2 Å². The van der Waals surface area contributed by atoms with Gasteiger partial charge in [0.1, 0.15) is 11.9 Å². The number of rotatable bonds is 6. The van der Waals surface area contributed by atoms with E-state index in [-0.39, 0.29) is 18.0 Å². The number of benzene rings is 1. The maximum absolute atomic E-state index is 12.4. The fourth-order valence-corrected chi connectivity index (χ4v) is 3.30. The second-order valence-corrected chi connectivity index (χ2v) is 7.09. The average Bonchev–Trinajstić information content (AvgIpc) is 3.03. The molecule has 0 N–H and O–H groups in total. The number of halogens is 1. The highest BCUT2D eigenvalue weighted by Crippen LogP contribution is 2.16. The van der Waals surface area contributed by atoms with Crippen LogP contribution in [-0.4, -0.2) is 56.6 Å². The first kappa shape index (κ1) is 19.3. The molecule has 1 saturated heterocycles. The Morgan fingerprint density at radius 3 is 2.48 bits per heavy atom. The number of hydrogen-bond acceptors (Lipinski definition) is 5. The molecule has 1 amide bonds. The third-order valence-corrected chi connectivity index (χ3v) is 4.97. The van der Waals surface area contributed by atoms with Gasteiger partial charge in [0, 0.05) is 50.7 Å². The van der Waals surface area contributed by atoms with Crippen LogP contribution in [0.2, 0.25) is 5.02 Å². The van der Waals surface area contributed by atoms with Gasteiger partial charge in [-0.15, -0.1) is 0 Å². The number of carbonyl (C=O) groups is 1. The van der Waals surface area contributed by atoms with Crippen LogP contribution in [0, 0.1) is 17.0 Å². The summed E-state index contributed by atoms with van der Waals surface area (Å²) in [5.74, 6) is 0.0527. The molecule has 1 aliphatic rings. The summed E-state index contributed by atoms with van der Waals surface area (Å²) in [4.78, 5) is 27.0. The summed E-state index contributed by atoms with van der Waals surface area (Å²) < 4.78 is 1.47. The third kappa shape index (κ3) is 5.05. The van der Waals surface area contributed by atoms with Gasteiger partial charge in [-0.1, -0.05) is 23.7 Å². The van der Waals surface area contributed by atoms with Crippen LogP contribution in [0.1, 0.15) is 17.7 Å². The topological polar surface area (TPSA) is 84.5 Å². The van der Waals surface area contributed by atoms with Gasteiger partial charge in [-0.25, -0.2) is 0 Å². The molecule has 0 unspecified atom stereocenters. The Morgan fingerprint density at radius 1 is 1.22 bits per heavy atom. The molecule has 1 fully saturated rings. The molecule has 9 heteroatoms. The van der Waals surface area contributed by atoms with Gasteiger partial charge < -0.3 is 4.90 Å². The van der Waals surface area contributed by atoms with Crippen LogP contribution < -0.4 is 0 Å². The largest absolute Gasteiger partial charge is 0.340 e. The van der Waals surface area contributed by atoms with Gasteiger partial charge in [0.2, 0.25) is 5.91 Å². The molecule has 2 heterocycles. The van der Waals surface area contributed by atoms with Gasteiger partial charge in [0.25, 0.3) is 0 Å². The van der Waals surface area contributed by atoms with Crippen molar-refractivity contribution in [1.82, 2.24) is 19.6 Å². The van der Waals surface area contributed by atoms with Crippen LogP contribution in [0.15, 0.2) is 30.5 Å². The zero-order valence-electron chi connectivity index (χ0n) is 15.2. The lowest BCUT2D eigenvalue weighted by molar-refractivity contribution is -0.385. The van der Waals surface area contributed by atoms with Crippen LogP contribution >= 0.6 is 11.6 Å². The molecular weight excluding hydrogens is 370 g/mol. The highest BCUT2D eigenvalue weighted by molar-refractivity contribution is 6.30. The molecule has 0 aliphatic carbocycles. The lowest BCUT2D eigenvalue weighted by atomic mass is 10.2. The number of nitrogens with zero attached hydrogens (tertiary/aromatic N) is 5. The Kier molecular flexibility index (Phi) is 6.08. The monoisotopic (exact) mass is 391 g/mol. The van der Waals surface area contributed by atoms with Crippen molar-refractivity contribution in [3.8, 4) is 0 Å². The Labute approximate surface area is 162 Å². The molecule has 1 aliphatic heterocycles. The summed E-state index contributed by atoms with van der Waals surface area (Å²) in [6.45, 7) is 5.79. The Morgan fingerprint density at radius 2 is 1.89 bits per heavy atom. The number of piperazine rings is 1. The number of aryl methyl sites for hydroxylation is 2. The minimum Gasteiger partial charge on any atom is -0.340 e. The SMILES string of the molecule is Cc1nn(CCC(=O)N2CCN(Cc3ccc(Cl)cc3)CC2)cc1[N+](=O)[O-]. The van der Waals surface area contributed by atoms with Crippen molar-refractivity contribution in [3.05, 3.63) is 56.9 Å². The van der Waals surface area contributed by atoms with Crippen LogP contribution in [0.25, 0.3) is 0 Å². The third-order valence-electron chi connectivity index (χ3n) is 4.72. The van der Waals surface area contributed by atoms with E-state index in [1.54, 1.807) is 6.92 Å². The standard InChI is InChI=1S/C18H22ClN5O3/c1-14-17(24(26)27)13-23(20-14)7-6-18(25)22-10-8-21(9-11-22)12-15-2-4-16(19)5-3-15/h2-5,13H,6-12H2,1H3. The molecule has 2 aromatic rings. The fraction of sp³-hybridized carbons (Fsp3) is 0.444. The number of aromatic nitrogens is 2. The van der Waals surface area contributed by atoms with E-state index in [0.717, 1.165) is 24.7 Å². The van der Waals surface area contributed by atoms with Gasteiger partial charge in [-0.3, -0.25) is 24.5 Å². The van der Waals surface area contributed by atoms with Crippen molar-refractivity contribution in [3.63, 3.8) is 0 Å². The van der Waals surface area contributed by atoms with E-state index in [1.165, 1.54) is 16.4 Å². The van der Waals surface area contributed by atoms with Crippen molar-refractivity contribution in [2.45, 2.75) is 26.4 Å². The minimum absolute atomic E-state index is 0.0155. The Balaban J connectivity index is 1.45. The summed E-state index contributed by atoms with van der Waals surface area (Å²) in [6, 6.07) is 7.81. The van der Waals surface area contributed by atoms with Gasteiger partial charge in [-0.2, -0.15) is 5.10 Å². The average molecular weight is 392 g/mol. The predicted octanol–water partition coefficient (Wildman–Crippen LogP) is 2.49. The second kappa shape index (κ2) is 8.49. The normalized spacial score (nSPS) is 15.1. The predicted molar refractivity (Wildman–Crippen MR) is 102 cm³/mol. The summed E-state index contributed by atoms with van der Waals surface area (Å²) in [5, 5.41) is 15.7. The van der Waals surface area contributed by atoms with Crippen molar-refractivity contribution in [2.75, 3.05) is 26.2 Å². The summed E-state index contributed by atoms with van der Waals surface area (Å²) in [5.41, 5.74) is 1.55. The van der Waals surface area contributed by atoms with E-state index in [4.69, 9.17) is 11.6 Å². The first-order chi connectivity index (χ1) is 12.9.